The van der Waals surface area contributed by atoms with Gasteiger partial charge in [0, 0.05) is 44.9 Å². The Hall–Kier alpha value is -4.23. The number of carbonyl (C=O) groups is 1. The lowest BCUT2D eigenvalue weighted by Gasteiger charge is -2.42. The smallest absolute Gasteiger partial charge is 0.319 e. The molecule has 4 aromatic rings. The van der Waals surface area contributed by atoms with Gasteiger partial charge in [0.05, 0.1) is 16.8 Å². The summed E-state index contributed by atoms with van der Waals surface area (Å²) in [6.45, 7) is 7.96. The predicted molar refractivity (Wildman–Crippen MR) is 184 cm³/mol. The number of carbonyl (C=O) groups excluding carboxylic acids is 1. The van der Waals surface area contributed by atoms with Crippen LogP contribution in [0.15, 0.2) is 30.5 Å². The fourth-order valence-electron chi connectivity index (χ4n) is 8.39. The minimum atomic E-state index is -0.948. The van der Waals surface area contributed by atoms with Crippen molar-refractivity contribution in [1.82, 2.24) is 19.9 Å². The predicted octanol–water partition coefficient (Wildman–Crippen LogP) is 5.96. The van der Waals surface area contributed by atoms with Gasteiger partial charge >= 0.3 is 6.01 Å². The van der Waals surface area contributed by atoms with E-state index in [2.05, 4.69) is 14.9 Å². The van der Waals surface area contributed by atoms with Crippen LogP contribution in [0, 0.1) is 23.0 Å². The molecule has 1 unspecified atom stereocenters. The SMILES string of the molecule is CCc1c(F)ccc2cc(OCOC)cc(-c3ncc4c(N5CC(C(N)=O)CC(C)(C)C5)nc(OC[C@@]56CCCN5C[C@H](F)C6)nc4c3F)c12. The Bertz CT molecular complexity index is 1960. The van der Waals surface area contributed by atoms with Gasteiger partial charge in [-0.2, -0.15) is 9.97 Å². The first-order valence-corrected chi connectivity index (χ1v) is 17.2. The molecule has 0 aliphatic carbocycles. The van der Waals surface area contributed by atoms with Crippen molar-refractivity contribution in [3.63, 3.8) is 0 Å². The van der Waals surface area contributed by atoms with E-state index in [1.54, 1.807) is 18.2 Å². The van der Waals surface area contributed by atoms with Gasteiger partial charge in [0.15, 0.2) is 12.6 Å². The molecule has 2 aromatic heterocycles. The number of nitrogens with zero attached hydrogens (tertiary/aromatic N) is 5. The standard InChI is InChI=1S/C37H43F3N6O4/c1-5-25-28(39)8-7-21-11-24(50-20-48-4)12-26(29(21)25)31-30(40)32-27(15-42-31)34(45-16-22(33(41)47)13-36(2,3)18-45)44-35(43-32)49-19-37-9-6-10-46(37)17-23(38)14-37/h7-8,11-12,15,22-23H,5-6,9-10,13-14,16-20H2,1-4H3,(H2,41,47)/t22?,23-,37+/m1/s1. The van der Waals surface area contributed by atoms with E-state index in [4.69, 9.17) is 24.9 Å². The number of primary amides is 1. The van der Waals surface area contributed by atoms with Crippen molar-refractivity contribution in [2.24, 2.45) is 17.1 Å². The Balaban J connectivity index is 1.40. The highest BCUT2D eigenvalue weighted by molar-refractivity contribution is 6.02. The Morgan fingerprint density at radius 1 is 1.12 bits per heavy atom. The topological polar surface area (TPSA) is 116 Å². The molecule has 0 saturated carbocycles. The van der Waals surface area contributed by atoms with Gasteiger partial charge in [-0.1, -0.05) is 26.8 Å². The maximum absolute atomic E-state index is 17.2. The first-order valence-electron chi connectivity index (χ1n) is 17.2. The van der Waals surface area contributed by atoms with E-state index in [9.17, 15) is 9.18 Å². The van der Waals surface area contributed by atoms with Gasteiger partial charge in [-0.05, 0) is 72.2 Å². The molecule has 3 saturated heterocycles. The molecule has 3 aliphatic rings. The van der Waals surface area contributed by atoms with E-state index >= 15 is 8.78 Å². The highest BCUT2D eigenvalue weighted by Gasteiger charge is 2.49. The van der Waals surface area contributed by atoms with Crippen molar-refractivity contribution in [2.45, 2.75) is 64.6 Å². The molecular weight excluding hydrogens is 649 g/mol. The third-order valence-electron chi connectivity index (χ3n) is 10.5. The number of alkyl halides is 1. The normalized spacial score (nSPS) is 23.5. The van der Waals surface area contributed by atoms with Crippen LogP contribution in [-0.2, 0) is 16.0 Å². The summed E-state index contributed by atoms with van der Waals surface area (Å²) in [4.78, 5) is 30.5. The number of aryl methyl sites for hydroxylation is 1. The third-order valence-corrected chi connectivity index (χ3v) is 10.5. The molecule has 0 spiro atoms. The fourth-order valence-corrected chi connectivity index (χ4v) is 8.39. The van der Waals surface area contributed by atoms with E-state index in [1.165, 1.54) is 19.4 Å². The zero-order valence-electron chi connectivity index (χ0n) is 28.9. The number of aromatic nitrogens is 3. The van der Waals surface area contributed by atoms with Gasteiger partial charge in [0.2, 0.25) is 5.91 Å². The number of hydrogen-bond donors (Lipinski definition) is 1. The van der Waals surface area contributed by atoms with E-state index < -0.39 is 35.2 Å². The number of fused-ring (bicyclic) bond motifs is 3. The van der Waals surface area contributed by atoms with Crippen molar-refractivity contribution in [3.05, 3.63) is 47.7 Å². The van der Waals surface area contributed by atoms with Crippen LogP contribution in [-0.4, -0.2) is 84.2 Å². The van der Waals surface area contributed by atoms with Crippen LogP contribution in [0.2, 0.25) is 0 Å². The van der Waals surface area contributed by atoms with Crippen molar-refractivity contribution < 1.29 is 32.2 Å². The summed E-state index contributed by atoms with van der Waals surface area (Å²) in [5, 5.41) is 1.48. The number of amides is 1. The molecule has 10 nitrogen and oxygen atoms in total. The Morgan fingerprint density at radius 3 is 2.70 bits per heavy atom. The molecular formula is C37H43F3N6O4. The second-order valence-corrected chi connectivity index (χ2v) is 14.7. The van der Waals surface area contributed by atoms with Crippen LogP contribution in [0.3, 0.4) is 0 Å². The molecule has 50 heavy (non-hydrogen) atoms. The van der Waals surface area contributed by atoms with E-state index in [0.29, 0.717) is 71.2 Å². The molecule has 0 radical (unpaired) electrons. The number of halogens is 3. The molecule has 3 atom stereocenters. The van der Waals surface area contributed by atoms with Crippen molar-refractivity contribution in [1.29, 1.82) is 0 Å². The minimum Gasteiger partial charge on any atom is -0.468 e. The second-order valence-electron chi connectivity index (χ2n) is 14.7. The fraction of sp³-hybridized carbons (Fsp3) is 0.514. The zero-order chi connectivity index (χ0) is 35.4. The van der Waals surface area contributed by atoms with Gasteiger partial charge in [0.1, 0.15) is 41.4 Å². The number of anilines is 1. The number of benzene rings is 2. The van der Waals surface area contributed by atoms with Crippen LogP contribution in [0.25, 0.3) is 32.9 Å². The maximum atomic E-state index is 17.2. The molecule has 1 amide bonds. The second kappa shape index (κ2) is 13.1. The molecule has 2 N–H and O–H groups in total. The summed E-state index contributed by atoms with van der Waals surface area (Å²) < 4.78 is 64.1. The number of methoxy groups -OCH3 is 1. The number of pyridine rings is 1. The summed E-state index contributed by atoms with van der Waals surface area (Å²) in [5.74, 6) is -1.28. The zero-order valence-corrected chi connectivity index (χ0v) is 28.9. The summed E-state index contributed by atoms with van der Waals surface area (Å²) in [6, 6.07) is 6.34. The molecule has 3 aliphatic heterocycles. The molecule has 3 fully saturated rings. The Kier molecular flexibility index (Phi) is 9.00. The monoisotopic (exact) mass is 692 g/mol. The average molecular weight is 693 g/mol. The van der Waals surface area contributed by atoms with Gasteiger partial charge in [-0.15, -0.1) is 0 Å². The van der Waals surface area contributed by atoms with Crippen LogP contribution >= 0.6 is 0 Å². The van der Waals surface area contributed by atoms with Crippen molar-refractivity contribution in [2.75, 3.05) is 51.6 Å². The maximum Gasteiger partial charge on any atom is 0.319 e. The lowest BCUT2D eigenvalue weighted by Crippen LogP contribution is -2.49. The number of piperidine rings is 1. The number of nitrogens with two attached hydrogens (primary N) is 1. The lowest BCUT2D eigenvalue weighted by atomic mass is 9.78. The lowest BCUT2D eigenvalue weighted by molar-refractivity contribution is -0.123. The highest BCUT2D eigenvalue weighted by Crippen LogP contribution is 2.43. The van der Waals surface area contributed by atoms with Crippen LogP contribution in [0.4, 0.5) is 19.0 Å². The first kappa shape index (κ1) is 34.2. The minimum absolute atomic E-state index is 0.0434. The molecule has 13 heteroatoms. The van der Waals surface area contributed by atoms with Gasteiger partial charge < -0.3 is 24.8 Å². The van der Waals surface area contributed by atoms with E-state index in [-0.39, 0.29) is 42.6 Å². The quantitative estimate of drug-likeness (QED) is 0.201. The summed E-state index contributed by atoms with van der Waals surface area (Å²) >= 11 is 0. The van der Waals surface area contributed by atoms with Crippen molar-refractivity contribution in [3.8, 4) is 23.0 Å². The molecule has 266 valence electrons. The highest BCUT2D eigenvalue weighted by atomic mass is 19.1. The van der Waals surface area contributed by atoms with Gasteiger partial charge in [0.25, 0.3) is 0 Å². The van der Waals surface area contributed by atoms with Crippen LogP contribution < -0.4 is 20.1 Å². The van der Waals surface area contributed by atoms with Gasteiger partial charge in [-0.25, -0.2) is 13.2 Å². The van der Waals surface area contributed by atoms with Crippen molar-refractivity contribution >= 4 is 33.4 Å². The Morgan fingerprint density at radius 2 is 1.94 bits per heavy atom. The Labute approximate surface area is 289 Å². The van der Waals surface area contributed by atoms with E-state index in [0.717, 1.165) is 19.4 Å². The number of hydrogen-bond acceptors (Lipinski definition) is 9. The van der Waals surface area contributed by atoms with Crippen LogP contribution in [0.1, 0.15) is 52.0 Å². The summed E-state index contributed by atoms with van der Waals surface area (Å²) in [5.41, 5.74) is 5.67. The summed E-state index contributed by atoms with van der Waals surface area (Å²) in [6.07, 6.45) is 3.57. The van der Waals surface area contributed by atoms with Gasteiger partial charge in [-0.3, -0.25) is 14.7 Å². The van der Waals surface area contributed by atoms with Crippen LogP contribution in [0.5, 0.6) is 11.8 Å². The molecule has 2 aromatic carbocycles. The molecule has 7 rings (SSSR count). The summed E-state index contributed by atoms with van der Waals surface area (Å²) in [7, 11) is 1.50. The largest absolute Gasteiger partial charge is 0.468 e. The van der Waals surface area contributed by atoms with E-state index in [1.807, 2.05) is 25.7 Å². The molecule has 0 bridgehead atoms. The number of rotatable bonds is 10. The first-order chi connectivity index (χ1) is 23.9. The number of ether oxygens (including phenoxy) is 3. The third kappa shape index (κ3) is 6.19. The molecule has 5 heterocycles. The average Bonchev–Trinajstić information content (AvgIpc) is 3.61.